The second-order valence-electron chi connectivity index (χ2n) is 6.68. The topological polar surface area (TPSA) is 67.6 Å². The Morgan fingerprint density at radius 2 is 2.24 bits per heavy atom. The zero-order chi connectivity index (χ0) is 20.6. The predicted octanol–water partition coefficient (Wildman–Crippen LogP) is 4.88. The molecule has 0 N–H and O–H groups in total. The van der Waals surface area contributed by atoms with Gasteiger partial charge in [-0.05, 0) is 60.2 Å². The smallest absolute Gasteiger partial charge is 0.217 e. The van der Waals surface area contributed by atoms with Crippen molar-refractivity contribution < 1.29 is 23.3 Å². The Labute approximate surface area is 182 Å². The van der Waals surface area contributed by atoms with Gasteiger partial charge in [-0.3, -0.25) is 0 Å². The monoisotopic (exact) mass is 491 g/mol. The van der Waals surface area contributed by atoms with Gasteiger partial charge in [-0.25, -0.2) is 14.1 Å². The largest absolute Gasteiger partial charge is 0.482 e. The molecule has 0 bridgehead atoms. The van der Waals surface area contributed by atoms with Crippen molar-refractivity contribution in [3.05, 3.63) is 39.6 Å². The molecule has 1 fully saturated rings. The lowest BCUT2D eigenvalue weighted by Gasteiger charge is -2.23. The highest BCUT2D eigenvalue weighted by Gasteiger charge is 2.23. The molecule has 1 aliphatic rings. The second kappa shape index (κ2) is 11.2. The Hall–Kier alpha value is -1.26. The third-order valence-electron chi connectivity index (χ3n) is 4.38. The van der Waals surface area contributed by atoms with Crippen LogP contribution in [0.4, 0.5) is 4.39 Å². The zero-order valence-electron chi connectivity index (χ0n) is 16.2. The minimum absolute atomic E-state index is 0.142. The highest BCUT2D eigenvalue weighted by molar-refractivity contribution is 9.10. The van der Waals surface area contributed by atoms with Gasteiger partial charge in [-0.2, -0.15) is 0 Å². The Balaban J connectivity index is 1.68. The molecule has 1 aromatic heterocycles. The maximum absolute atomic E-state index is 13.7. The lowest BCUT2D eigenvalue weighted by Crippen LogP contribution is -2.23. The quantitative estimate of drug-likeness (QED) is 0.440. The minimum atomic E-state index is -0.488. The highest BCUT2D eigenvalue weighted by Crippen LogP contribution is 2.29. The Bertz CT molecular complexity index is 769. The van der Waals surface area contributed by atoms with Crippen LogP contribution in [-0.2, 0) is 20.9 Å². The van der Waals surface area contributed by atoms with E-state index in [0.717, 1.165) is 25.9 Å². The Morgan fingerprint density at radius 3 is 2.97 bits per heavy atom. The predicted molar refractivity (Wildman–Crippen MR) is 108 cm³/mol. The molecular formula is C19H24BrClFN3O4. The summed E-state index contributed by atoms with van der Waals surface area (Å²) < 4.78 is 38.4. The summed E-state index contributed by atoms with van der Waals surface area (Å²) in [5, 5.41) is 4.53. The van der Waals surface area contributed by atoms with Crippen LogP contribution in [0.3, 0.4) is 0 Å². The molecule has 3 rings (SSSR count). The number of halogens is 3. The average Bonchev–Trinajstić information content (AvgIpc) is 3.05. The molecule has 160 valence electrons. The molecule has 29 heavy (non-hydrogen) atoms. The first-order valence-corrected chi connectivity index (χ1v) is 10.7. The van der Waals surface area contributed by atoms with Gasteiger partial charge in [0.1, 0.15) is 18.3 Å². The third-order valence-corrected chi connectivity index (χ3v) is 4.93. The summed E-state index contributed by atoms with van der Waals surface area (Å²) in [5.41, 5.74) is 0. The van der Waals surface area contributed by atoms with Crippen molar-refractivity contribution in [1.29, 1.82) is 0 Å². The lowest BCUT2D eigenvalue weighted by atomic mass is 10.2. The summed E-state index contributed by atoms with van der Waals surface area (Å²) in [6.07, 6.45) is 3.76. The molecule has 2 heterocycles. The summed E-state index contributed by atoms with van der Waals surface area (Å²) in [7, 11) is 1.57. The van der Waals surface area contributed by atoms with E-state index in [2.05, 4.69) is 26.0 Å². The first-order valence-electron chi connectivity index (χ1n) is 9.50. The third kappa shape index (κ3) is 6.89. The first-order chi connectivity index (χ1) is 14.0. The normalized spacial score (nSPS) is 18.0. The number of nitrogens with zero attached hydrogens (tertiary/aromatic N) is 3. The molecule has 1 aliphatic heterocycles. The number of benzene rings is 1. The summed E-state index contributed by atoms with van der Waals surface area (Å²) in [5.74, 6) is 0.413. The van der Waals surface area contributed by atoms with E-state index in [0.29, 0.717) is 35.8 Å². The van der Waals surface area contributed by atoms with Crippen LogP contribution in [0.15, 0.2) is 22.9 Å². The van der Waals surface area contributed by atoms with Gasteiger partial charge in [0, 0.05) is 31.4 Å². The van der Waals surface area contributed by atoms with Gasteiger partial charge in [0.15, 0.2) is 18.2 Å². The molecule has 0 saturated carbocycles. The van der Waals surface area contributed by atoms with Crippen molar-refractivity contribution in [2.45, 2.75) is 51.2 Å². The molecule has 0 radical (unpaired) electrons. The number of ether oxygens (including phenoxy) is 4. The fourth-order valence-electron chi connectivity index (χ4n) is 3.11. The van der Waals surface area contributed by atoms with Crippen molar-refractivity contribution in [2.75, 3.05) is 20.3 Å². The number of methoxy groups -OCH3 is 1. The Morgan fingerprint density at radius 1 is 1.38 bits per heavy atom. The SMILES string of the molecule is COCn1nc(Br)nc1C(CCCOC1CCCCO1)Oc1cc(F)cc(Cl)c1. The molecule has 1 aromatic carbocycles. The summed E-state index contributed by atoms with van der Waals surface area (Å²) in [6.45, 7) is 1.48. The fraction of sp³-hybridized carbons (Fsp3) is 0.579. The van der Waals surface area contributed by atoms with E-state index in [9.17, 15) is 4.39 Å². The maximum Gasteiger partial charge on any atom is 0.217 e. The van der Waals surface area contributed by atoms with Crippen molar-refractivity contribution >= 4 is 27.5 Å². The number of hydrogen-bond acceptors (Lipinski definition) is 6. The van der Waals surface area contributed by atoms with E-state index < -0.39 is 11.9 Å². The van der Waals surface area contributed by atoms with E-state index in [1.807, 2.05) is 0 Å². The van der Waals surface area contributed by atoms with Gasteiger partial charge in [-0.15, -0.1) is 5.10 Å². The minimum Gasteiger partial charge on any atom is -0.482 e. The van der Waals surface area contributed by atoms with Gasteiger partial charge in [0.05, 0.1) is 0 Å². The van der Waals surface area contributed by atoms with Crippen LogP contribution in [0, 0.1) is 5.82 Å². The number of aromatic nitrogens is 3. The highest BCUT2D eigenvalue weighted by atomic mass is 79.9. The molecule has 2 aromatic rings. The van der Waals surface area contributed by atoms with Crippen LogP contribution < -0.4 is 4.74 Å². The van der Waals surface area contributed by atoms with E-state index >= 15 is 0 Å². The van der Waals surface area contributed by atoms with E-state index in [4.69, 9.17) is 30.5 Å². The average molecular weight is 493 g/mol. The molecule has 0 spiro atoms. The van der Waals surface area contributed by atoms with Crippen LogP contribution in [0.25, 0.3) is 0 Å². The maximum atomic E-state index is 13.7. The first kappa shape index (κ1) is 22.4. The standard InChI is InChI=1S/C19H24BrClFN3O4/c1-26-12-25-18(23-19(20)24-25)16(29-15-10-13(21)9-14(22)11-15)5-4-8-28-17-6-2-3-7-27-17/h9-11,16-17H,2-8,12H2,1H3. The molecule has 0 amide bonds. The van der Waals surface area contributed by atoms with Crippen LogP contribution in [0.5, 0.6) is 5.75 Å². The molecule has 0 aliphatic carbocycles. The van der Waals surface area contributed by atoms with Crippen molar-refractivity contribution in [2.24, 2.45) is 0 Å². The summed E-state index contributed by atoms with van der Waals surface area (Å²) in [6, 6.07) is 4.08. The van der Waals surface area contributed by atoms with E-state index in [1.54, 1.807) is 17.9 Å². The molecular weight excluding hydrogens is 469 g/mol. The van der Waals surface area contributed by atoms with Crippen LogP contribution in [0.2, 0.25) is 5.02 Å². The Kier molecular flexibility index (Phi) is 8.68. The zero-order valence-corrected chi connectivity index (χ0v) is 18.5. The fourth-order valence-corrected chi connectivity index (χ4v) is 3.69. The van der Waals surface area contributed by atoms with Crippen molar-refractivity contribution in [3.8, 4) is 5.75 Å². The van der Waals surface area contributed by atoms with Crippen LogP contribution in [-0.4, -0.2) is 41.4 Å². The van der Waals surface area contributed by atoms with Gasteiger partial charge >= 0.3 is 0 Å². The summed E-state index contributed by atoms with van der Waals surface area (Å²) in [4.78, 5) is 4.41. The number of hydrogen-bond donors (Lipinski definition) is 0. The second-order valence-corrected chi connectivity index (χ2v) is 7.82. The van der Waals surface area contributed by atoms with E-state index in [-0.39, 0.29) is 18.0 Å². The molecule has 1 saturated heterocycles. The molecule has 2 unspecified atom stereocenters. The number of rotatable bonds is 10. The van der Waals surface area contributed by atoms with Gasteiger partial charge < -0.3 is 18.9 Å². The van der Waals surface area contributed by atoms with Crippen molar-refractivity contribution in [3.63, 3.8) is 0 Å². The molecule has 2 atom stereocenters. The lowest BCUT2D eigenvalue weighted by molar-refractivity contribution is -0.163. The van der Waals surface area contributed by atoms with Gasteiger partial charge in [0.2, 0.25) is 4.73 Å². The van der Waals surface area contributed by atoms with Crippen molar-refractivity contribution in [1.82, 2.24) is 14.8 Å². The molecule has 7 nitrogen and oxygen atoms in total. The molecule has 10 heteroatoms. The van der Waals surface area contributed by atoms with Gasteiger partial charge in [0.25, 0.3) is 0 Å². The van der Waals surface area contributed by atoms with Crippen LogP contribution >= 0.6 is 27.5 Å². The van der Waals surface area contributed by atoms with Gasteiger partial charge in [-0.1, -0.05) is 11.6 Å². The van der Waals surface area contributed by atoms with Crippen LogP contribution in [0.1, 0.15) is 44.0 Å². The summed E-state index contributed by atoms with van der Waals surface area (Å²) >= 11 is 9.25. The van der Waals surface area contributed by atoms with E-state index in [1.165, 1.54) is 12.1 Å².